The van der Waals surface area contributed by atoms with Gasteiger partial charge in [-0.1, -0.05) is 15.9 Å². The number of halogens is 1. The molecule has 0 bridgehead atoms. The molecule has 0 aromatic carbocycles. The molecule has 2 N–H and O–H groups in total. The second kappa shape index (κ2) is 9.15. The van der Waals surface area contributed by atoms with Crippen LogP contribution in [0.2, 0.25) is 0 Å². The normalized spacial score (nSPS) is 14.2. The Kier molecular flexibility index (Phi) is 8.73. The Balaban J connectivity index is 4.50. The van der Waals surface area contributed by atoms with Gasteiger partial charge in [0.1, 0.15) is 5.60 Å². The molecule has 0 aromatic rings. The molecule has 21 heavy (non-hydrogen) atoms. The van der Waals surface area contributed by atoms with Gasteiger partial charge in [-0.05, 0) is 27.7 Å². The number of ketones is 1. The number of amides is 1. The van der Waals surface area contributed by atoms with Gasteiger partial charge in [0.25, 0.3) is 0 Å². The summed E-state index contributed by atoms with van der Waals surface area (Å²) in [6.45, 7) is 8.97. The summed E-state index contributed by atoms with van der Waals surface area (Å²) in [5.74, 6) is -0.697. The van der Waals surface area contributed by atoms with Crippen molar-refractivity contribution in [1.82, 2.24) is 10.6 Å². The number of carbonyl (C=O) groups is 3. The number of esters is 1. The highest BCUT2D eigenvalue weighted by Crippen LogP contribution is 2.10. The molecule has 0 aliphatic rings. The van der Waals surface area contributed by atoms with Crippen LogP contribution in [0.25, 0.3) is 0 Å². The number of carbonyl (C=O) groups excluding carboxylic acids is 3. The molecular weight excluding hydrogens is 340 g/mol. The molecule has 0 fully saturated rings. The van der Waals surface area contributed by atoms with E-state index in [1.807, 2.05) is 6.92 Å². The van der Waals surface area contributed by atoms with Crippen LogP contribution in [0.3, 0.4) is 0 Å². The van der Waals surface area contributed by atoms with E-state index >= 15 is 0 Å². The number of ether oxygens (including phenoxy) is 1. The molecule has 0 aliphatic carbocycles. The fourth-order valence-electron chi connectivity index (χ4n) is 1.66. The van der Waals surface area contributed by atoms with E-state index in [1.54, 1.807) is 20.8 Å². The highest BCUT2D eigenvalue weighted by atomic mass is 79.9. The van der Waals surface area contributed by atoms with Crippen LogP contribution in [0.5, 0.6) is 0 Å². The SMILES string of the molecule is CC(=O)NC(C)CNC(CC(=O)OC(C)(C)C)C(=O)CBr. The smallest absolute Gasteiger partial charge is 0.308 e. The molecular formula is C14H25BrN2O4. The van der Waals surface area contributed by atoms with Gasteiger partial charge in [-0.25, -0.2) is 0 Å². The minimum absolute atomic E-state index is 0.0332. The van der Waals surface area contributed by atoms with Crippen LogP contribution in [0.4, 0.5) is 0 Å². The molecule has 0 saturated carbocycles. The number of hydrogen-bond donors (Lipinski definition) is 2. The van der Waals surface area contributed by atoms with Crippen LogP contribution in [-0.2, 0) is 19.1 Å². The van der Waals surface area contributed by atoms with Gasteiger partial charge in [-0.15, -0.1) is 0 Å². The zero-order valence-corrected chi connectivity index (χ0v) is 14.9. The molecule has 2 atom stereocenters. The average Bonchev–Trinajstić information content (AvgIpc) is 2.30. The van der Waals surface area contributed by atoms with Crippen molar-refractivity contribution in [3.8, 4) is 0 Å². The first-order chi connectivity index (χ1) is 9.55. The standard InChI is InChI=1S/C14H25BrN2O4/c1-9(17-10(2)18)8-16-11(12(19)7-15)6-13(20)21-14(3,4)5/h9,11,16H,6-8H2,1-5H3,(H,17,18). The zero-order valence-electron chi connectivity index (χ0n) is 13.3. The Morgan fingerprint density at radius 2 is 1.81 bits per heavy atom. The van der Waals surface area contributed by atoms with Crippen molar-refractivity contribution in [2.45, 2.75) is 58.7 Å². The van der Waals surface area contributed by atoms with Gasteiger partial charge in [0, 0.05) is 19.5 Å². The first kappa shape index (κ1) is 20.1. The summed E-state index contributed by atoms with van der Waals surface area (Å²) < 4.78 is 5.22. The predicted molar refractivity (Wildman–Crippen MR) is 84.3 cm³/mol. The fraction of sp³-hybridized carbons (Fsp3) is 0.786. The van der Waals surface area contributed by atoms with Gasteiger partial charge in [0.2, 0.25) is 5.91 Å². The number of rotatable bonds is 8. The lowest BCUT2D eigenvalue weighted by atomic mass is 10.1. The van der Waals surface area contributed by atoms with E-state index < -0.39 is 17.6 Å². The average molecular weight is 365 g/mol. The molecule has 122 valence electrons. The summed E-state index contributed by atoms with van der Waals surface area (Å²) in [4.78, 5) is 34.6. The summed E-state index contributed by atoms with van der Waals surface area (Å²) in [5.41, 5.74) is -0.581. The second-order valence-corrected chi connectivity index (χ2v) is 6.51. The van der Waals surface area contributed by atoms with Crippen molar-refractivity contribution in [2.75, 3.05) is 11.9 Å². The maximum atomic E-state index is 11.8. The van der Waals surface area contributed by atoms with Gasteiger partial charge >= 0.3 is 5.97 Å². The predicted octanol–water partition coefficient (Wildman–Crippen LogP) is 1.16. The largest absolute Gasteiger partial charge is 0.460 e. The molecule has 7 heteroatoms. The topological polar surface area (TPSA) is 84.5 Å². The van der Waals surface area contributed by atoms with Crippen molar-refractivity contribution < 1.29 is 19.1 Å². The van der Waals surface area contributed by atoms with Crippen LogP contribution in [0, 0.1) is 0 Å². The molecule has 0 aromatic heterocycles. The summed E-state index contributed by atoms with van der Waals surface area (Å²) in [6, 6.07) is -0.762. The third-order valence-electron chi connectivity index (χ3n) is 2.43. The molecule has 0 saturated heterocycles. The highest BCUT2D eigenvalue weighted by Gasteiger charge is 2.24. The number of hydrogen-bond acceptors (Lipinski definition) is 5. The molecule has 6 nitrogen and oxygen atoms in total. The summed E-state index contributed by atoms with van der Waals surface area (Å²) in [7, 11) is 0. The lowest BCUT2D eigenvalue weighted by Gasteiger charge is -2.23. The maximum Gasteiger partial charge on any atom is 0.308 e. The molecule has 0 spiro atoms. The van der Waals surface area contributed by atoms with Gasteiger partial charge < -0.3 is 15.4 Å². The third kappa shape index (κ3) is 10.4. The van der Waals surface area contributed by atoms with Crippen molar-refractivity contribution in [3.63, 3.8) is 0 Å². The Labute approximate surface area is 134 Å². The quantitative estimate of drug-likeness (QED) is 0.498. The van der Waals surface area contributed by atoms with Crippen molar-refractivity contribution in [2.24, 2.45) is 0 Å². The maximum absolute atomic E-state index is 11.8. The molecule has 0 aliphatic heterocycles. The van der Waals surface area contributed by atoms with Crippen molar-refractivity contribution in [3.05, 3.63) is 0 Å². The molecule has 0 rings (SSSR count). The van der Waals surface area contributed by atoms with Crippen LogP contribution in [0.15, 0.2) is 0 Å². The Hall–Kier alpha value is -0.950. The van der Waals surface area contributed by atoms with Crippen LogP contribution < -0.4 is 10.6 Å². The Bertz CT molecular complexity index is 380. The number of alkyl halides is 1. The monoisotopic (exact) mass is 364 g/mol. The third-order valence-corrected chi connectivity index (χ3v) is 2.98. The first-order valence-electron chi connectivity index (χ1n) is 6.86. The molecule has 0 heterocycles. The van der Waals surface area contributed by atoms with E-state index in [0.717, 1.165) is 0 Å². The van der Waals surface area contributed by atoms with Crippen LogP contribution >= 0.6 is 15.9 Å². The summed E-state index contributed by atoms with van der Waals surface area (Å²) in [5, 5.41) is 5.86. The van der Waals surface area contributed by atoms with E-state index in [2.05, 4.69) is 26.6 Å². The van der Waals surface area contributed by atoms with E-state index in [4.69, 9.17) is 4.74 Å². The number of Topliss-reactive ketones (excluding diaryl/α,β-unsaturated/α-hetero) is 1. The van der Waals surface area contributed by atoms with Crippen LogP contribution in [-0.4, -0.2) is 47.2 Å². The van der Waals surface area contributed by atoms with E-state index in [-0.39, 0.29) is 29.5 Å². The van der Waals surface area contributed by atoms with Crippen molar-refractivity contribution in [1.29, 1.82) is 0 Å². The van der Waals surface area contributed by atoms with Crippen molar-refractivity contribution >= 4 is 33.6 Å². The fourth-order valence-corrected chi connectivity index (χ4v) is 2.05. The van der Waals surface area contributed by atoms with Gasteiger partial charge in [0.05, 0.1) is 17.8 Å². The molecule has 2 unspecified atom stereocenters. The van der Waals surface area contributed by atoms with E-state index in [9.17, 15) is 14.4 Å². The van der Waals surface area contributed by atoms with Gasteiger partial charge in [0.15, 0.2) is 5.78 Å². The van der Waals surface area contributed by atoms with Gasteiger partial charge in [-0.3, -0.25) is 14.4 Å². The lowest BCUT2D eigenvalue weighted by Crippen LogP contribution is -2.47. The second-order valence-electron chi connectivity index (χ2n) is 5.95. The highest BCUT2D eigenvalue weighted by molar-refractivity contribution is 9.09. The van der Waals surface area contributed by atoms with Gasteiger partial charge in [-0.2, -0.15) is 0 Å². The summed E-state index contributed by atoms with van der Waals surface area (Å²) >= 11 is 3.10. The van der Waals surface area contributed by atoms with Crippen LogP contribution in [0.1, 0.15) is 41.0 Å². The minimum Gasteiger partial charge on any atom is -0.460 e. The molecule has 1 amide bonds. The van der Waals surface area contributed by atoms with E-state index in [1.165, 1.54) is 6.92 Å². The van der Waals surface area contributed by atoms with E-state index in [0.29, 0.717) is 6.54 Å². The Morgan fingerprint density at radius 1 is 1.24 bits per heavy atom. The summed E-state index contributed by atoms with van der Waals surface area (Å²) in [6.07, 6.45) is -0.0332. The first-order valence-corrected chi connectivity index (χ1v) is 7.98. The lowest BCUT2D eigenvalue weighted by molar-refractivity contribution is -0.156. The minimum atomic E-state index is -0.629. The molecule has 0 radical (unpaired) electrons. The number of nitrogens with one attached hydrogen (secondary N) is 2. The zero-order chi connectivity index (χ0) is 16.6. The Morgan fingerprint density at radius 3 is 2.24 bits per heavy atom.